The summed E-state index contributed by atoms with van der Waals surface area (Å²) in [5.41, 5.74) is 1.51. The number of hydrogen-bond acceptors (Lipinski definition) is 0. The summed E-state index contributed by atoms with van der Waals surface area (Å²) in [5.74, 6) is -3.88. The third kappa shape index (κ3) is 3.33. The Morgan fingerprint density at radius 2 is 1.46 bits per heavy atom. The molecule has 0 aromatic heterocycles. The van der Waals surface area contributed by atoms with E-state index in [1.165, 1.54) is 5.73 Å². The van der Waals surface area contributed by atoms with Crippen molar-refractivity contribution in [1.29, 1.82) is 0 Å². The van der Waals surface area contributed by atoms with Crippen molar-refractivity contribution < 1.29 is 46.0 Å². The van der Waals surface area contributed by atoms with Crippen molar-refractivity contribution >= 4 is 23.2 Å². The van der Waals surface area contributed by atoms with Gasteiger partial charge in [0.2, 0.25) is 0 Å². The van der Waals surface area contributed by atoms with E-state index in [0.29, 0.717) is 0 Å². The third-order valence-corrected chi connectivity index (χ3v) is 1.65. The van der Waals surface area contributed by atoms with Crippen LogP contribution in [0.1, 0.15) is 0 Å². The summed E-state index contributed by atoms with van der Waals surface area (Å²) in [5, 5.41) is -1.70. The van der Waals surface area contributed by atoms with Gasteiger partial charge in [0.15, 0.2) is 22.9 Å². The predicted octanol–water partition coefficient (Wildman–Crippen LogP) is 0.498. The molecule has 0 amide bonds. The minimum atomic E-state index is -1.30. The molecule has 0 aromatic rings. The summed E-state index contributed by atoms with van der Waals surface area (Å²) in [4.78, 5) is 0. The van der Waals surface area contributed by atoms with Gasteiger partial charge in [0, 0.05) is 20.4 Å². The van der Waals surface area contributed by atoms with Crippen molar-refractivity contribution in [3.05, 3.63) is 33.6 Å². The van der Waals surface area contributed by atoms with Gasteiger partial charge in [-0.25, -0.2) is 4.39 Å². The fourth-order valence-corrected chi connectivity index (χ4v) is 0.827. The van der Waals surface area contributed by atoms with Gasteiger partial charge in [0.1, 0.15) is 5.03 Å². The van der Waals surface area contributed by atoms with E-state index in [4.69, 9.17) is 23.2 Å². The number of allylic oxidation sites excluding steroid dienone is 3. The first-order valence-electron chi connectivity index (χ1n) is 2.44. The van der Waals surface area contributed by atoms with E-state index in [9.17, 15) is 13.2 Å². The minimum absolute atomic E-state index is 0. The summed E-state index contributed by atoms with van der Waals surface area (Å²) in [6.07, 6.45) is 0. The van der Waals surface area contributed by atoms with Crippen LogP contribution in [0.2, 0.25) is 0 Å². The summed E-state index contributed by atoms with van der Waals surface area (Å²) in [6, 6.07) is 0. The van der Waals surface area contributed by atoms with E-state index in [0.717, 1.165) is 0 Å². The molecule has 1 rings (SSSR count). The number of halogens is 6. The van der Waals surface area contributed by atoms with Gasteiger partial charge >= 0.3 is 0 Å². The Labute approximate surface area is 103 Å². The van der Waals surface area contributed by atoms with Crippen LogP contribution in [0.15, 0.2) is 28.2 Å². The van der Waals surface area contributed by atoms with Crippen molar-refractivity contribution in [3.63, 3.8) is 0 Å². The molecule has 0 saturated carbocycles. The van der Waals surface area contributed by atoms with Crippen LogP contribution in [0.3, 0.4) is 0 Å². The molecule has 0 N–H and O–H groups in total. The van der Waals surface area contributed by atoms with Gasteiger partial charge in [-0.05, 0) is 5.73 Å². The van der Waals surface area contributed by atoms with Crippen LogP contribution >= 0.6 is 23.2 Å². The molecule has 0 bridgehead atoms. The molecule has 0 aromatic carbocycles. The first-order chi connectivity index (χ1) is 5.04. The van der Waals surface area contributed by atoms with Crippen LogP contribution < -0.4 is 12.4 Å². The fourth-order valence-electron chi connectivity index (χ4n) is 0.495. The molecule has 0 saturated heterocycles. The molecule has 7 heteroatoms. The summed E-state index contributed by atoms with van der Waals surface area (Å²) in [6.45, 7) is 0. The number of hydrogen-bond donors (Lipinski definition) is 0. The smallest absolute Gasteiger partial charge is 0.189 e. The van der Waals surface area contributed by atoms with Crippen LogP contribution in [-0.4, -0.2) is 0 Å². The second kappa shape index (κ2) is 6.14. The average Bonchev–Trinajstić information content (AvgIpc) is 1.97. The maximum atomic E-state index is 12.5. The molecule has 0 spiro atoms. The molecule has 0 nitrogen and oxygen atoms in total. The van der Waals surface area contributed by atoms with Gasteiger partial charge < -0.3 is 12.4 Å². The first-order valence-corrected chi connectivity index (χ1v) is 3.20. The zero-order chi connectivity index (χ0) is 8.59. The van der Waals surface area contributed by atoms with Crippen LogP contribution in [0.4, 0.5) is 13.2 Å². The Bertz CT molecular complexity index is 293. The molecule has 0 unspecified atom stereocenters. The zero-order valence-corrected chi connectivity index (χ0v) is 9.41. The molecule has 0 aliphatic heterocycles. The van der Waals surface area contributed by atoms with E-state index in [1.807, 2.05) is 0 Å². The second-order valence-electron chi connectivity index (χ2n) is 1.69. The standard InChI is InChI=1S/C6Cl2F3.ClH.Pd/c7-4-2(9)1-3(10)5(8)6(4)11;;/h;1H;/p-1. The molecular formula is C6Cl3F3Pd-. The Kier molecular flexibility index (Phi) is 7.57. The van der Waals surface area contributed by atoms with E-state index >= 15 is 0 Å². The summed E-state index contributed by atoms with van der Waals surface area (Å²) >= 11 is 10.0. The van der Waals surface area contributed by atoms with E-state index in [1.54, 1.807) is 0 Å². The molecule has 0 atom stereocenters. The van der Waals surface area contributed by atoms with Gasteiger partial charge in [-0.2, -0.15) is 8.78 Å². The quantitative estimate of drug-likeness (QED) is 0.444. The maximum absolute atomic E-state index is 12.5. The van der Waals surface area contributed by atoms with Gasteiger partial charge in [-0.15, -0.1) is 0 Å². The molecule has 1 aliphatic rings. The largest absolute Gasteiger partial charge is 1.00 e. The van der Waals surface area contributed by atoms with Crippen molar-refractivity contribution in [2.45, 2.75) is 0 Å². The van der Waals surface area contributed by atoms with Gasteiger partial charge in [0.05, 0.1) is 0 Å². The molecule has 0 fully saturated rings. The Morgan fingerprint density at radius 1 is 1.00 bits per heavy atom. The fraction of sp³-hybridized carbons (Fsp3) is 0. The van der Waals surface area contributed by atoms with Crippen molar-refractivity contribution in [3.8, 4) is 0 Å². The zero-order valence-electron chi connectivity index (χ0n) is 5.58. The van der Waals surface area contributed by atoms with Crippen LogP contribution in [0.25, 0.3) is 0 Å². The second-order valence-corrected chi connectivity index (χ2v) is 2.45. The third-order valence-electron chi connectivity index (χ3n) is 0.990. The molecular weight excluding hydrogens is 342 g/mol. The average molecular weight is 342 g/mol. The van der Waals surface area contributed by atoms with Gasteiger partial charge in [0.25, 0.3) is 0 Å². The van der Waals surface area contributed by atoms with E-state index in [-0.39, 0.29) is 32.8 Å². The summed E-state index contributed by atoms with van der Waals surface area (Å²) < 4.78 is 37.1. The van der Waals surface area contributed by atoms with Crippen LogP contribution in [-0.2, 0) is 20.4 Å². The Balaban J connectivity index is 0. The monoisotopic (exact) mass is 340 g/mol. The topological polar surface area (TPSA) is 0 Å². The van der Waals surface area contributed by atoms with Gasteiger partial charge in [-0.1, -0.05) is 23.2 Å². The van der Waals surface area contributed by atoms with Crippen LogP contribution in [0.5, 0.6) is 0 Å². The molecule has 13 heavy (non-hydrogen) atoms. The Hall–Kier alpha value is 0.582. The molecule has 1 aliphatic carbocycles. The summed E-state index contributed by atoms with van der Waals surface area (Å²) in [7, 11) is 0. The van der Waals surface area contributed by atoms with Crippen LogP contribution in [0, 0.1) is 5.38 Å². The predicted molar refractivity (Wildman–Crippen MR) is 35.8 cm³/mol. The molecule has 0 heterocycles. The minimum Gasteiger partial charge on any atom is -1.00 e. The van der Waals surface area contributed by atoms with Crippen molar-refractivity contribution in [1.82, 2.24) is 0 Å². The SMILES string of the molecule is FC1=C=C(F)C(Cl)=C(F)[C]1Cl.[Cl-].[Pd]. The van der Waals surface area contributed by atoms with Crippen molar-refractivity contribution in [2.75, 3.05) is 0 Å². The van der Waals surface area contributed by atoms with E-state index in [2.05, 4.69) is 0 Å². The van der Waals surface area contributed by atoms with Crippen molar-refractivity contribution in [2.24, 2.45) is 0 Å². The van der Waals surface area contributed by atoms with Gasteiger partial charge in [-0.3, -0.25) is 0 Å². The number of rotatable bonds is 0. The normalized spacial score (nSPS) is 17.0. The first kappa shape index (κ1) is 16.0. The maximum Gasteiger partial charge on any atom is 0.189 e. The molecule has 77 valence electrons. The molecule has 1 radical (unpaired) electrons. The Morgan fingerprint density at radius 3 is 1.92 bits per heavy atom. The van der Waals surface area contributed by atoms with E-state index < -0.39 is 27.9 Å².